The lowest BCUT2D eigenvalue weighted by Crippen LogP contribution is -2.28. The molecule has 3 rings (SSSR count). The molecule has 0 fully saturated rings. The van der Waals surface area contributed by atoms with Gasteiger partial charge in [0.15, 0.2) is 0 Å². The van der Waals surface area contributed by atoms with Gasteiger partial charge in [0.05, 0.1) is 18.0 Å². The number of cyclic esters (lactones) is 1. The Hall–Kier alpha value is -2.62. The van der Waals surface area contributed by atoms with Crippen LogP contribution in [0.25, 0.3) is 0 Å². The Balaban J connectivity index is 1.63. The molecule has 2 aromatic rings. The molecular weight excluding hydrogens is 326 g/mol. The Bertz CT molecular complexity index is 818. The summed E-state index contributed by atoms with van der Waals surface area (Å²) in [4.78, 5) is 24.3. The van der Waals surface area contributed by atoms with E-state index in [4.69, 9.17) is 4.74 Å². The van der Waals surface area contributed by atoms with Gasteiger partial charge in [0.1, 0.15) is 6.10 Å². The monoisotopic (exact) mass is 351 g/mol. The normalized spacial score (nSPS) is 17.4. The highest BCUT2D eigenvalue weighted by atomic mass is 16.5. The minimum Gasteiger partial charge on any atom is -0.453 e. The van der Waals surface area contributed by atoms with Crippen molar-refractivity contribution in [3.05, 3.63) is 70.8 Å². The fourth-order valence-electron chi connectivity index (χ4n) is 3.20. The average molecular weight is 351 g/mol. The van der Waals surface area contributed by atoms with Crippen LogP contribution in [-0.4, -0.2) is 11.9 Å². The van der Waals surface area contributed by atoms with Crippen LogP contribution in [0.1, 0.15) is 73.3 Å². The van der Waals surface area contributed by atoms with Crippen molar-refractivity contribution in [2.45, 2.75) is 51.7 Å². The van der Waals surface area contributed by atoms with Gasteiger partial charge in [-0.1, -0.05) is 63.2 Å². The number of rotatable bonds is 4. The molecule has 0 aromatic heterocycles. The zero-order chi connectivity index (χ0) is 18.9. The largest absolute Gasteiger partial charge is 0.453 e. The highest BCUT2D eigenvalue weighted by Gasteiger charge is 2.32. The van der Waals surface area contributed by atoms with Gasteiger partial charge in [0, 0.05) is 5.56 Å². The van der Waals surface area contributed by atoms with Crippen molar-refractivity contribution in [3.8, 4) is 0 Å². The van der Waals surface area contributed by atoms with Crippen LogP contribution >= 0.6 is 0 Å². The molecule has 0 bridgehead atoms. The van der Waals surface area contributed by atoms with Gasteiger partial charge in [-0.05, 0) is 29.5 Å². The van der Waals surface area contributed by atoms with Crippen molar-refractivity contribution in [1.29, 1.82) is 0 Å². The van der Waals surface area contributed by atoms with E-state index in [1.807, 2.05) is 19.1 Å². The highest BCUT2D eigenvalue weighted by Crippen LogP contribution is 2.33. The number of amides is 1. The third kappa shape index (κ3) is 3.79. The summed E-state index contributed by atoms with van der Waals surface area (Å²) < 4.78 is 5.34. The molecule has 0 aliphatic carbocycles. The summed E-state index contributed by atoms with van der Waals surface area (Å²) >= 11 is 0. The second-order valence-electron chi connectivity index (χ2n) is 7.85. The standard InChI is InChI=1S/C22H25NO3/c1-14(15-9-11-16(12-10-15)22(2,3)4)23-20(24)13-19-17-7-5-6-8-18(17)21(25)26-19/h5-12,14,19H,13H2,1-4H3,(H,23,24)/t14-,19+/m1/s1. The number of hydrogen-bond donors (Lipinski definition) is 1. The molecule has 136 valence electrons. The molecule has 1 aliphatic rings. The second-order valence-corrected chi connectivity index (χ2v) is 7.85. The molecule has 2 aromatic carbocycles. The molecule has 0 spiro atoms. The smallest absolute Gasteiger partial charge is 0.339 e. The first-order valence-electron chi connectivity index (χ1n) is 8.95. The molecular formula is C22H25NO3. The number of carbonyl (C=O) groups is 2. The van der Waals surface area contributed by atoms with Crippen molar-refractivity contribution in [2.24, 2.45) is 0 Å². The summed E-state index contributed by atoms with van der Waals surface area (Å²) in [5.41, 5.74) is 3.75. The van der Waals surface area contributed by atoms with Gasteiger partial charge in [0.2, 0.25) is 5.91 Å². The van der Waals surface area contributed by atoms with Crippen LogP contribution in [0, 0.1) is 0 Å². The van der Waals surface area contributed by atoms with E-state index in [0.717, 1.165) is 11.1 Å². The first-order valence-corrected chi connectivity index (χ1v) is 8.95. The van der Waals surface area contributed by atoms with E-state index in [2.05, 4.69) is 50.4 Å². The maximum Gasteiger partial charge on any atom is 0.339 e. The molecule has 1 heterocycles. The van der Waals surface area contributed by atoms with E-state index in [9.17, 15) is 9.59 Å². The average Bonchev–Trinajstić information content (AvgIpc) is 2.90. The zero-order valence-corrected chi connectivity index (χ0v) is 15.7. The Kier molecular flexibility index (Phi) is 4.86. The van der Waals surface area contributed by atoms with E-state index in [1.165, 1.54) is 5.56 Å². The summed E-state index contributed by atoms with van der Waals surface area (Å²) in [6.45, 7) is 8.48. The van der Waals surface area contributed by atoms with Crippen LogP contribution in [-0.2, 0) is 14.9 Å². The predicted octanol–water partition coefficient (Wildman–Crippen LogP) is 4.46. The molecule has 4 heteroatoms. The molecule has 0 saturated carbocycles. The van der Waals surface area contributed by atoms with Gasteiger partial charge >= 0.3 is 5.97 Å². The molecule has 1 amide bonds. The fourth-order valence-corrected chi connectivity index (χ4v) is 3.20. The maximum absolute atomic E-state index is 12.4. The molecule has 4 nitrogen and oxygen atoms in total. The molecule has 26 heavy (non-hydrogen) atoms. The second kappa shape index (κ2) is 6.94. The first-order chi connectivity index (χ1) is 12.3. The van der Waals surface area contributed by atoms with Gasteiger partial charge in [0.25, 0.3) is 0 Å². The summed E-state index contributed by atoms with van der Waals surface area (Å²) in [5, 5.41) is 3.00. The van der Waals surface area contributed by atoms with Crippen molar-refractivity contribution in [3.63, 3.8) is 0 Å². The first kappa shape index (κ1) is 18.2. The fraction of sp³-hybridized carbons (Fsp3) is 0.364. The quantitative estimate of drug-likeness (QED) is 0.827. The minimum atomic E-state index is -0.505. The van der Waals surface area contributed by atoms with Gasteiger partial charge in [-0.15, -0.1) is 0 Å². The van der Waals surface area contributed by atoms with Crippen LogP contribution < -0.4 is 5.32 Å². The lowest BCUT2D eigenvalue weighted by Gasteiger charge is -2.21. The third-order valence-corrected chi connectivity index (χ3v) is 4.80. The van der Waals surface area contributed by atoms with Gasteiger partial charge in [-0.3, -0.25) is 4.79 Å². The number of carbonyl (C=O) groups excluding carboxylic acids is 2. The van der Waals surface area contributed by atoms with Gasteiger partial charge < -0.3 is 10.1 Å². The third-order valence-electron chi connectivity index (χ3n) is 4.80. The van der Waals surface area contributed by atoms with Gasteiger partial charge in [-0.2, -0.15) is 0 Å². The van der Waals surface area contributed by atoms with Crippen LogP contribution in [0.15, 0.2) is 48.5 Å². The molecule has 0 unspecified atom stereocenters. The Morgan fingerprint density at radius 1 is 1.12 bits per heavy atom. The summed E-state index contributed by atoms with van der Waals surface area (Å²) in [6, 6.07) is 15.4. The molecule has 1 N–H and O–H groups in total. The maximum atomic E-state index is 12.4. The summed E-state index contributed by atoms with van der Waals surface area (Å²) in [6.07, 6.45) is -0.373. The Labute approximate surface area is 154 Å². The molecule has 0 saturated heterocycles. The van der Waals surface area contributed by atoms with Crippen LogP contribution in [0.3, 0.4) is 0 Å². The molecule has 0 radical (unpaired) electrons. The van der Waals surface area contributed by atoms with Crippen molar-refractivity contribution in [2.75, 3.05) is 0 Å². The topological polar surface area (TPSA) is 55.4 Å². The SMILES string of the molecule is C[C@@H](NC(=O)C[C@@H]1OC(=O)c2ccccc21)c1ccc(C(C)(C)C)cc1. The van der Waals surface area contributed by atoms with Crippen LogP contribution in [0.4, 0.5) is 0 Å². The van der Waals surface area contributed by atoms with Crippen LogP contribution in [0.5, 0.6) is 0 Å². The van der Waals surface area contributed by atoms with Crippen molar-refractivity contribution in [1.82, 2.24) is 5.32 Å². The van der Waals surface area contributed by atoms with Crippen molar-refractivity contribution < 1.29 is 14.3 Å². The van der Waals surface area contributed by atoms with E-state index in [-0.39, 0.29) is 29.8 Å². The lowest BCUT2D eigenvalue weighted by atomic mass is 9.86. The number of hydrogen-bond acceptors (Lipinski definition) is 3. The van der Waals surface area contributed by atoms with E-state index < -0.39 is 6.10 Å². The summed E-state index contributed by atoms with van der Waals surface area (Å²) in [7, 11) is 0. The van der Waals surface area contributed by atoms with Gasteiger partial charge in [-0.25, -0.2) is 4.79 Å². The highest BCUT2D eigenvalue weighted by molar-refractivity contribution is 5.94. The van der Waals surface area contributed by atoms with Crippen LogP contribution in [0.2, 0.25) is 0 Å². The number of benzene rings is 2. The number of esters is 1. The Morgan fingerprint density at radius 3 is 2.42 bits per heavy atom. The zero-order valence-electron chi connectivity index (χ0n) is 15.7. The Morgan fingerprint density at radius 2 is 1.77 bits per heavy atom. The van der Waals surface area contributed by atoms with E-state index in [0.29, 0.717) is 5.56 Å². The summed E-state index contributed by atoms with van der Waals surface area (Å²) in [5.74, 6) is -0.490. The molecule has 1 aliphatic heterocycles. The number of nitrogens with one attached hydrogen (secondary N) is 1. The number of ether oxygens (including phenoxy) is 1. The molecule has 2 atom stereocenters. The van der Waals surface area contributed by atoms with E-state index >= 15 is 0 Å². The van der Waals surface area contributed by atoms with E-state index in [1.54, 1.807) is 12.1 Å². The predicted molar refractivity (Wildman–Crippen MR) is 101 cm³/mol. The van der Waals surface area contributed by atoms with Crippen molar-refractivity contribution >= 4 is 11.9 Å². The lowest BCUT2D eigenvalue weighted by molar-refractivity contribution is -0.123. The number of fused-ring (bicyclic) bond motifs is 1. The minimum absolute atomic E-state index is 0.102.